The maximum Gasteiger partial charge on any atom is 0.251 e. The molecule has 0 bridgehead atoms. The fraction of sp³-hybridized carbons (Fsp3) is 0.238. The molecule has 5 nitrogen and oxygen atoms in total. The van der Waals surface area contributed by atoms with Crippen molar-refractivity contribution in [3.05, 3.63) is 71.0 Å². The summed E-state index contributed by atoms with van der Waals surface area (Å²) in [4.78, 5) is 14.5. The molecule has 1 atom stereocenters. The van der Waals surface area contributed by atoms with E-state index in [9.17, 15) is 9.18 Å². The Morgan fingerprint density at radius 3 is 2.82 bits per heavy atom. The maximum atomic E-state index is 13.3. The molecule has 4 rings (SSSR count). The van der Waals surface area contributed by atoms with Crippen LogP contribution < -0.4 is 10.2 Å². The number of nitrogens with zero attached hydrogens (tertiary/aromatic N) is 2. The monoisotopic (exact) mass is 398 g/mol. The second-order valence-corrected chi connectivity index (χ2v) is 7.35. The SMILES string of the molecule is O=C(NC1CCCN(c2cc(-c3ccc(Cl)cc3)[nH]n2)C1)c1cccc(F)c1. The van der Waals surface area contributed by atoms with Crippen molar-refractivity contribution in [1.82, 2.24) is 15.5 Å². The maximum absolute atomic E-state index is 13.3. The first kappa shape index (κ1) is 18.5. The quantitative estimate of drug-likeness (QED) is 0.690. The summed E-state index contributed by atoms with van der Waals surface area (Å²) in [5, 5.41) is 11.2. The lowest BCUT2D eigenvalue weighted by Gasteiger charge is -2.33. The van der Waals surface area contributed by atoms with Gasteiger partial charge in [-0.3, -0.25) is 9.89 Å². The Morgan fingerprint density at radius 2 is 2.04 bits per heavy atom. The Hall–Kier alpha value is -2.86. The molecule has 0 spiro atoms. The van der Waals surface area contributed by atoms with Gasteiger partial charge in [0.05, 0.1) is 5.69 Å². The van der Waals surface area contributed by atoms with Crippen LogP contribution in [0.5, 0.6) is 0 Å². The minimum atomic E-state index is -0.413. The summed E-state index contributed by atoms with van der Waals surface area (Å²) >= 11 is 5.95. The molecule has 3 aromatic rings. The van der Waals surface area contributed by atoms with Crippen molar-refractivity contribution in [2.24, 2.45) is 0 Å². The number of aromatic amines is 1. The highest BCUT2D eigenvalue weighted by Gasteiger charge is 2.23. The molecule has 2 heterocycles. The van der Waals surface area contributed by atoms with E-state index >= 15 is 0 Å². The Kier molecular flexibility index (Phi) is 5.30. The Labute approximate surface area is 167 Å². The summed E-state index contributed by atoms with van der Waals surface area (Å²) in [6.07, 6.45) is 1.82. The predicted molar refractivity (Wildman–Crippen MR) is 108 cm³/mol. The Morgan fingerprint density at radius 1 is 1.21 bits per heavy atom. The first-order chi connectivity index (χ1) is 13.6. The molecule has 0 saturated carbocycles. The molecule has 7 heteroatoms. The molecule has 1 aromatic heterocycles. The van der Waals surface area contributed by atoms with E-state index < -0.39 is 5.82 Å². The minimum Gasteiger partial charge on any atom is -0.353 e. The average molecular weight is 399 g/mol. The third-order valence-electron chi connectivity index (χ3n) is 4.89. The van der Waals surface area contributed by atoms with E-state index in [2.05, 4.69) is 20.4 Å². The average Bonchev–Trinajstić information content (AvgIpc) is 3.19. The lowest BCUT2D eigenvalue weighted by molar-refractivity contribution is 0.0932. The van der Waals surface area contributed by atoms with Crippen LogP contribution >= 0.6 is 11.6 Å². The first-order valence-corrected chi connectivity index (χ1v) is 9.59. The smallest absolute Gasteiger partial charge is 0.251 e. The Bertz CT molecular complexity index is 973. The van der Waals surface area contributed by atoms with Gasteiger partial charge < -0.3 is 10.2 Å². The van der Waals surface area contributed by atoms with Gasteiger partial charge in [0, 0.05) is 35.8 Å². The molecule has 1 unspecified atom stereocenters. The summed E-state index contributed by atoms with van der Waals surface area (Å²) < 4.78 is 13.3. The largest absolute Gasteiger partial charge is 0.353 e. The number of halogens is 2. The van der Waals surface area contributed by atoms with E-state index in [0.29, 0.717) is 17.1 Å². The van der Waals surface area contributed by atoms with Crippen molar-refractivity contribution in [2.75, 3.05) is 18.0 Å². The van der Waals surface area contributed by atoms with Crippen LogP contribution in [0.1, 0.15) is 23.2 Å². The number of benzene rings is 2. The van der Waals surface area contributed by atoms with E-state index in [4.69, 9.17) is 11.6 Å². The van der Waals surface area contributed by atoms with E-state index in [-0.39, 0.29) is 11.9 Å². The van der Waals surface area contributed by atoms with Gasteiger partial charge in [0.1, 0.15) is 5.82 Å². The van der Waals surface area contributed by atoms with Gasteiger partial charge in [-0.15, -0.1) is 0 Å². The molecule has 1 amide bonds. The van der Waals surface area contributed by atoms with E-state index in [1.54, 1.807) is 12.1 Å². The topological polar surface area (TPSA) is 61.0 Å². The number of aromatic nitrogens is 2. The van der Waals surface area contributed by atoms with Crippen LogP contribution in [-0.4, -0.2) is 35.2 Å². The zero-order chi connectivity index (χ0) is 19.5. The molecule has 1 aliphatic heterocycles. The number of rotatable bonds is 4. The number of carbonyl (C=O) groups excluding carboxylic acids is 1. The number of anilines is 1. The van der Waals surface area contributed by atoms with Crippen molar-refractivity contribution in [3.63, 3.8) is 0 Å². The number of hydrogen-bond donors (Lipinski definition) is 2. The van der Waals surface area contributed by atoms with Gasteiger partial charge in [0.25, 0.3) is 5.91 Å². The van der Waals surface area contributed by atoms with Gasteiger partial charge in [0.15, 0.2) is 5.82 Å². The molecule has 1 saturated heterocycles. The van der Waals surface area contributed by atoms with Gasteiger partial charge in [-0.1, -0.05) is 29.8 Å². The van der Waals surface area contributed by atoms with Crippen molar-refractivity contribution in [3.8, 4) is 11.3 Å². The van der Waals surface area contributed by atoms with Crippen molar-refractivity contribution >= 4 is 23.3 Å². The molecular formula is C21H20ClFN4O. The number of piperidine rings is 1. The van der Waals surface area contributed by atoms with Crippen LogP contribution in [0.2, 0.25) is 5.02 Å². The van der Waals surface area contributed by atoms with E-state index in [0.717, 1.165) is 36.5 Å². The van der Waals surface area contributed by atoms with Crippen LogP contribution in [0, 0.1) is 5.82 Å². The highest BCUT2D eigenvalue weighted by atomic mass is 35.5. The van der Waals surface area contributed by atoms with Crippen LogP contribution in [0.15, 0.2) is 54.6 Å². The predicted octanol–water partition coefficient (Wildman–Crippen LogP) is 4.27. The highest BCUT2D eigenvalue weighted by Crippen LogP contribution is 2.25. The summed E-state index contributed by atoms with van der Waals surface area (Å²) in [7, 11) is 0. The third-order valence-corrected chi connectivity index (χ3v) is 5.14. The van der Waals surface area contributed by atoms with Crippen LogP contribution in [0.25, 0.3) is 11.3 Å². The molecule has 2 aromatic carbocycles. The zero-order valence-electron chi connectivity index (χ0n) is 15.2. The van der Waals surface area contributed by atoms with Gasteiger partial charge in [-0.05, 0) is 48.7 Å². The summed E-state index contributed by atoms with van der Waals surface area (Å²) in [5.41, 5.74) is 2.26. The van der Waals surface area contributed by atoms with Crippen molar-refractivity contribution < 1.29 is 9.18 Å². The van der Waals surface area contributed by atoms with E-state index in [1.165, 1.54) is 12.1 Å². The van der Waals surface area contributed by atoms with Gasteiger partial charge >= 0.3 is 0 Å². The first-order valence-electron chi connectivity index (χ1n) is 9.21. The van der Waals surface area contributed by atoms with Gasteiger partial charge in [-0.25, -0.2) is 4.39 Å². The standard InChI is InChI=1S/C21H20ClFN4O/c22-16-8-6-14(7-9-16)19-12-20(26-25-19)27-10-2-5-18(13-27)24-21(28)15-3-1-4-17(23)11-15/h1,3-4,6-9,11-12,18H,2,5,10,13H2,(H,24,28)(H,25,26). The van der Waals surface area contributed by atoms with Crippen LogP contribution in [0.4, 0.5) is 10.2 Å². The highest BCUT2D eigenvalue weighted by molar-refractivity contribution is 6.30. The lowest BCUT2D eigenvalue weighted by Crippen LogP contribution is -2.48. The fourth-order valence-electron chi connectivity index (χ4n) is 3.45. The number of carbonyl (C=O) groups is 1. The second kappa shape index (κ2) is 8.02. The van der Waals surface area contributed by atoms with Crippen molar-refractivity contribution in [1.29, 1.82) is 0 Å². The van der Waals surface area contributed by atoms with E-state index in [1.807, 2.05) is 30.3 Å². The minimum absolute atomic E-state index is 0.0137. The molecular weight excluding hydrogens is 379 g/mol. The molecule has 1 aliphatic rings. The molecule has 28 heavy (non-hydrogen) atoms. The lowest BCUT2D eigenvalue weighted by atomic mass is 10.0. The molecule has 1 fully saturated rings. The Balaban J connectivity index is 1.42. The van der Waals surface area contributed by atoms with Crippen LogP contribution in [0.3, 0.4) is 0 Å². The normalized spacial score (nSPS) is 16.8. The summed E-state index contributed by atoms with van der Waals surface area (Å²) in [6, 6.07) is 15.3. The molecule has 144 valence electrons. The third kappa shape index (κ3) is 4.17. The number of hydrogen-bond acceptors (Lipinski definition) is 3. The number of amides is 1. The summed E-state index contributed by atoms with van der Waals surface area (Å²) in [5.74, 6) is 0.175. The molecule has 2 N–H and O–H groups in total. The fourth-order valence-corrected chi connectivity index (χ4v) is 3.58. The second-order valence-electron chi connectivity index (χ2n) is 6.92. The number of nitrogens with one attached hydrogen (secondary N) is 2. The summed E-state index contributed by atoms with van der Waals surface area (Å²) in [6.45, 7) is 1.53. The molecule has 0 aliphatic carbocycles. The van der Waals surface area contributed by atoms with Crippen LogP contribution in [-0.2, 0) is 0 Å². The van der Waals surface area contributed by atoms with Gasteiger partial charge in [-0.2, -0.15) is 5.10 Å². The van der Waals surface area contributed by atoms with Crippen molar-refractivity contribution in [2.45, 2.75) is 18.9 Å². The zero-order valence-corrected chi connectivity index (χ0v) is 15.9. The molecule has 0 radical (unpaired) electrons. The van der Waals surface area contributed by atoms with Gasteiger partial charge in [0.2, 0.25) is 0 Å². The number of H-pyrrole nitrogens is 1.